The van der Waals surface area contributed by atoms with Gasteiger partial charge in [0.05, 0.1) is 4.90 Å². The Labute approximate surface area is 182 Å². The summed E-state index contributed by atoms with van der Waals surface area (Å²) < 4.78 is 29.7. The van der Waals surface area contributed by atoms with Crippen LogP contribution in [0.1, 0.15) is 78.7 Å². The lowest BCUT2D eigenvalue weighted by molar-refractivity contribution is -0.125. The van der Waals surface area contributed by atoms with E-state index in [-0.39, 0.29) is 5.78 Å². The lowest BCUT2D eigenvalue weighted by Crippen LogP contribution is -2.40. The zero-order valence-electron chi connectivity index (χ0n) is 19.2. The number of unbranched alkanes of at least 4 members (excludes halogenated alkanes) is 1. The minimum Gasteiger partial charge on any atom is -0.294 e. The van der Waals surface area contributed by atoms with E-state index in [2.05, 4.69) is 39.0 Å². The standard InChI is InChI=1S/C25H37NO3S/c1-7-9-12-19(8-2)17-26-30(28,29)21-14-11-10-13-20(21)25-16-15-24(6,23(25,4)5)22(27)18(25)3/h10-11,13-14,19,26H,3,7-9,12,15-17H2,1-2,4-6H3. The first-order valence-electron chi connectivity index (χ1n) is 11.3. The van der Waals surface area contributed by atoms with Gasteiger partial charge in [-0.05, 0) is 47.8 Å². The second-order valence-corrected chi connectivity index (χ2v) is 11.7. The van der Waals surface area contributed by atoms with Gasteiger partial charge in [0.15, 0.2) is 5.78 Å². The van der Waals surface area contributed by atoms with Gasteiger partial charge in [0, 0.05) is 17.4 Å². The van der Waals surface area contributed by atoms with Gasteiger partial charge in [-0.2, -0.15) is 0 Å². The highest BCUT2D eigenvalue weighted by molar-refractivity contribution is 7.89. The largest absolute Gasteiger partial charge is 0.294 e. The van der Waals surface area contributed by atoms with Gasteiger partial charge in [-0.15, -0.1) is 0 Å². The highest BCUT2D eigenvalue weighted by Crippen LogP contribution is 2.72. The Morgan fingerprint density at radius 3 is 2.37 bits per heavy atom. The quantitative estimate of drug-likeness (QED) is 0.534. The van der Waals surface area contributed by atoms with Crippen molar-refractivity contribution in [2.24, 2.45) is 16.7 Å². The normalized spacial score (nSPS) is 28.8. The number of allylic oxidation sites excluding steroid dienone is 1. The molecule has 0 radical (unpaired) electrons. The fraction of sp³-hybridized carbons (Fsp3) is 0.640. The number of benzene rings is 1. The molecule has 1 aromatic rings. The Bertz CT molecular complexity index is 949. The number of hydrogen-bond acceptors (Lipinski definition) is 3. The minimum atomic E-state index is -3.70. The van der Waals surface area contributed by atoms with Gasteiger partial charge < -0.3 is 0 Å². The molecular formula is C25H37NO3S. The molecule has 0 heterocycles. The van der Waals surface area contributed by atoms with E-state index in [0.717, 1.165) is 44.1 Å². The molecule has 2 aliphatic carbocycles. The van der Waals surface area contributed by atoms with Gasteiger partial charge in [-0.1, -0.05) is 78.7 Å². The fourth-order valence-corrected chi connectivity index (χ4v) is 7.32. The van der Waals surface area contributed by atoms with Crippen LogP contribution in [0.5, 0.6) is 0 Å². The second-order valence-electron chi connectivity index (χ2n) is 9.93. The summed E-state index contributed by atoms with van der Waals surface area (Å²) in [7, 11) is -3.70. The summed E-state index contributed by atoms with van der Waals surface area (Å²) in [6.45, 7) is 15.1. The van der Waals surface area contributed by atoms with Crippen LogP contribution in [0.4, 0.5) is 0 Å². The van der Waals surface area contributed by atoms with Crippen molar-refractivity contribution in [2.75, 3.05) is 6.54 Å². The predicted octanol–water partition coefficient (Wildman–Crippen LogP) is 5.38. The van der Waals surface area contributed by atoms with Gasteiger partial charge in [0.1, 0.15) is 0 Å². The molecule has 3 unspecified atom stereocenters. The summed E-state index contributed by atoms with van der Waals surface area (Å²) in [5, 5.41) is 0. The van der Waals surface area contributed by atoms with Crippen LogP contribution in [0.3, 0.4) is 0 Å². The van der Waals surface area contributed by atoms with Crippen LogP contribution >= 0.6 is 0 Å². The average molecular weight is 432 g/mol. The van der Waals surface area contributed by atoms with Crippen molar-refractivity contribution in [3.63, 3.8) is 0 Å². The van der Waals surface area contributed by atoms with E-state index in [1.807, 2.05) is 19.1 Å². The molecule has 0 amide bonds. The molecule has 5 heteroatoms. The van der Waals surface area contributed by atoms with Gasteiger partial charge >= 0.3 is 0 Å². The van der Waals surface area contributed by atoms with Crippen molar-refractivity contribution in [2.45, 2.75) is 83.5 Å². The molecule has 2 bridgehead atoms. The molecular weight excluding hydrogens is 394 g/mol. The zero-order chi connectivity index (χ0) is 22.4. The molecule has 3 rings (SSSR count). The van der Waals surface area contributed by atoms with Crippen molar-refractivity contribution < 1.29 is 13.2 Å². The molecule has 3 atom stereocenters. The number of sulfonamides is 1. The van der Waals surface area contributed by atoms with Crippen LogP contribution in [-0.2, 0) is 20.2 Å². The van der Waals surface area contributed by atoms with Crippen molar-refractivity contribution in [3.8, 4) is 0 Å². The van der Waals surface area contributed by atoms with Crippen LogP contribution in [0.15, 0.2) is 41.3 Å². The molecule has 2 saturated carbocycles. The highest BCUT2D eigenvalue weighted by atomic mass is 32.2. The first kappa shape index (κ1) is 23.2. The maximum Gasteiger partial charge on any atom is 0.240 e. The van der Waals surface area contributed by atoms with E-state index in [4.69, 9.17) is 0 Å². The first-order valence-corrected chi connectivity index (χ1v) is 12.8. The summed E-state index contributed by atoms with van der Waals surface area (Å²) in [6, 6.07) is 7.21. The molecule has 1 aromatic carbocycles. The number of nitrogens with one attached hydrogen (secondary N) is 1. The molecule has 166 valence electrons. The Hall–Kier alpha value is -1.46. The number of rotatable bonds is 9. The number of Topliss-reactive ketones (excluding diaryl/α,β-unsaturated/α-hetero) is 1. The maximum atomic E-state index is 13.4. The molecule has 4 nitrogen and oxygen atoms in total. The average Bonchev–Trinajstić information content (AvgIpc) is 2.99. The topological polar surface area (TPSA) is 63.2 Å². The van der Waals surface area contributed by atoms with E-state index >= 15 is 0 Å². The molecule has 30 heavy (non-hydrogen) atoms. The lowest BCUT2D eigenvalue weighted by atomic mass is 9.61. The van der Waals surface area contributed by atoms with E-state index in [0.29, 0.717) is 22.9 Å². The Morgan fingerprint density at radius 2 is 1.80 bits per heavy atom. The number of carbonyl (C=O) groups excluding carboxylic acids is 1. The zero-order valence-corrected chi connectivity index (χ0v) is 20.0. The number of ketones is 1. The molecule has 0 saturated heterocycles. The molecule has 2 aliphatic rings. The number of fused-ring (bicyclic) bond motifs is 2. The van der Waals surface area contributed by atoms with Crippen molar-refractivity contribution in [1.29, 1.82) is 0 Å². The fourth-order valence-electron chi connectivity index (χ4n) is 5.92. The van der Waals surface area contributed by atoms with E-state index in [1.54, 1.807) is 12.1 Å². The minimum absolute atomic E-state index is 0.0875. The third-order valence-corrected chi connectivity index (χ3v) is 9.96. The molecule has 0 aromatic heterocycles. The van der Waals surface area contributed by atoms with Crippen LogP contribution < -0.4 is 4.72 Å². The van der Waals surface area contributed by atoms with E-state index < -0.39 is 26.3 Å². The molecule has 1 N–H and O–H groups in total. The molecule has 0 spiro atoms. The van der Waals surface area contributed by atoms with Crippen LogP contribution in [0, 0.1) is 16.7 Å². The predicted molar refractivity (Wildman–Crippen MR) is 122 cm³/mol. The van der Waals surface area contributed by atoms with Crippen molar-refractivity contribution in [1.82, 2.24) is 4.72 Å². The smallest absolute Gasteiger partial charge is 0.240 e. The van der Waals surface area contributed by atoms with E-state index in [9.17, 15) is 13.2 Å². The Morgan fingerprint density at radius 1 is 1.13 bits per heavy atom. The van der Waals surface area contributed by atoms with Crippen molar-refractivity contribution in [3.05, 3.63) is 42.0 Å². The first-order chi connectivity index (χ1) is 14.0. The highest BCUT2D eigenvalue weighted by Gasteiger charge is 2.72. The second kappa shape index (κ2) is 7.90. The number of carbonyl (C=O) groups is 1. The monoisotopic (exact) mass is 431 g/mol. The van der Waals surface area contributed by atoms with Gasteiger partial charge in [0.25, 0.3) is 0 Å². The summed E-state index contributed by atoms with van der Waals surface area (Å²) in [4.78, 5) is 13.4. The van der Waals surface area contributed by atoms with Gasteiger partial charge in [-0.3, -0.25) is 4.79 Å². The Balaban J connectivity index is 2.01. The summed E-state index contributed by atoms with van der Waals surface area (Å²) in [6.07, 6.45) is 5.70. The Kier molecular flexibility index (Phi) is 6.11. The SMILES string of the molecule is C=C1C(=O)C2(C)CCC1(c1ccccc1S(=O)(=O)NCC(CC)CCCC)C2(C)C. The van der Waals surface area contributed by atoms with Crippen LogP contribution in [0.25, 0.3) is 0 Å². The third-order valence-electron chi connectivity index (χ3n) is 8.48. The van der Waals surface area contributed by atoms with Crippen LogP contribution in [-0.4, -0.2) is 20.7 Å². The summed E-state index contributed by atoms with van der Waals surface area (Å²) in [5.41, 5.74) is -0.243. The summed E-state index contributed by atoms with van der Waals surface area (Å²) in [5.74, 6) is 0.420. The summed E-state index contributed by atoms with van der Waals surface area (Å²) >= 11 is 0. The maximum absolute atomic E-state index is 13.4. The molecule has 2 fully saturated rings. The molecule has 0 aliphatic heterocycles. The van der Waals surface area contributed by atoms with Gasteiger partial charge in [0.2, 0.25) is 10.0 Å². The van der Waals surface area contributed by atoms with Gasteiger partial charge in [-0.25, -0.2) is 13.1 Å². The van der Waals surface area contributed by atoms with Crippen molar-refractivity contribution >= 4 is 15.8 Å². The van der Waals surface area contributed by atoms with Crippen LogP contribution in [0.2, 0.25) is 0 Å². The van der Waals surface area contributed by atoms with E-state index in [1.165, 1.54) is 0 Å². The lowest BCUT2D eigenvalue weighted by Gasteiger charge is -2.41. The number of hydrogen-bond donors (Lipinski definition) is 1. The third kappa shape index (κ3) is 3.12.